The number of rotatable bonds is 2. The van der Waals surface area contributed by atoms with Crippen LogP contribution in [0.4, 0.5) is 0 Å². The third-order valence-electron chi connectivity index (χ3n) is 6.94. The lowest BCUT2D eigenvalue weighted by atomic mass is 9.88. The molecule has 0 aliphatic carbocycles. The molecular formula is C20H32N2O5. The smallest absolute Gasteiger partial charge is 0.335 e. The number of aliphatic hydroxyl groups excluding tert-OH is 1. The van der Waals surface area contributed by atoms with Gasteiger partial charge in [0.1, 0.15) is 0 Å². The molecule has 4 rings (SSSR count). The lowest BCUT2D eigenvalue weighted by Gasteiger charge is -2.39. The topological polar surface area (TPSA) is 79.3 Å². The first-order chi connectivity index (χ1) is 12.9. The molecule has 0 aromatic heterocycles. The van der Waals surface area contributed by atoms with Gasteiger partial charge in [0.2, 0.25) is 0 Å². The highest BCUT2D eigenvalue weighted by Gasteiger charge is 2.48. The maximum absolute atomic E-state index is 11.5. The monoisotopic (exact) mass is 380 g/mol. The van der Waals surface area contributed by atoms with E-state index in [1.54, 1.807) is 0 Å². The van der Waals surface area contributed by atoms with Crippen LogP contribution in [-0.2, 0) is 19.1 Å². The average molecular weight is 380 g/mol. The number of piperidine rings is 1. The quantitative estimate of drug-likeness (QED) is 0.715. The van der Waals surface area contributed by atoms with Crippen molar-refractivity contribution in [3.63, 3.8) is 0 Å². The van der Waals surface area contributed by atoms with Gasteiger partial charge in [-0.3, -0.25) is 14.6 Å². The molecule has 1 N–H and O–H groups in total. The van der Waals surface area contributed by atoms with Crippen LogP contribution >= 0.6 is 0 Å². The van der Waals surface area contributed by atoms with E-state index in [-0.39, 0.29) is 23.9 Å². The van der Waals surface area contributed by atoms with E-state index in [2.05, 4.69) is 16.8 Å². The van der Waals surface area contributed by atoms with Crippen LogP contribution in [0.2, 0.25) is 0 Å². The highest BCUT2D eigenvalue weighted by atomic mass is 16.5. The highest BCUT2D eigenvalue weighted by molar-refractivity contribution is 5.90. The van der Waals surface area contributed by atoms with Gasteiger partial charge in [0.25, 0.3) is 0 Å². The van der Waals surface area contributed by atoms with E-state index in [0.717, 1.165) is 31.3 Å². The fourth-order valence-corrected chi connectivity index (χ4v) is 5.30. The molecule has 0 saturated carbocycles. The van der Waals surface area contributed by atoms with Crippen molar-refractivity contribution in [3.8, 4) is 0 Å². The number of aliphatic hydroxyl groups is 1. The molecule has 27 heavy (non-hydrogen) atoms. The number of esters is 2. The number of fused-ring (bicyclic) bond motifs is 4. The van der Waals surface area contributed by atoms with E-state index in [0.29, 0.717) is 24.5 Å². The van der Waals surface area contributed by atoms with Crippen molar-refractivity contribution in [3.05, 3.63) is 11.6 Å². The summed E-state index contributed by atoms with van der Waals surface area (Å²) in [7, 11) is 6.96. The van der Waals surface area contributed by atoms with Gasteiger partial charge in [0, 0.05) is 24.2 Å². The third-order valence-corrected chi connectivity index (χ3v) is 6.94. The number of likely N-dealkylation sites (N-methyl/N-ethyl adjacent to an activating group) is 1. The summed E-state index contributed by atoms with van der Waals surface area (Å²) in [5.41, 5.74) is 0.860. The molecule has 0 radical (unpaired) electrons. The third kappa shape index (κ3) is 3.77. The van der Waals surface area contributed by atoms with Gasteiger partial charge in [0.15, 0.2) is 0 Å². The van der Waals surface area contributed by atoms with Crippen LogP contribution in [-0.4, -0.2) is 85.4 Å². The van der Waals surface area contributed by atoms with Gasteiger partial charge >= 0.3 is 11.9 Å². The average Bonchev–Trinajstić information content (AvgIpc) is 3.04. The molecule has 0 aromatic carbocycles. The first-order valence-electron chi connectivity index (χ1n) is 9.87. The zero-order valence-corrected chi connectivity index (χ0v) is 16.8. The molecule has 6 unspecified atom stereocenters. The first-order valence-corrected chi connectivity index (χ1v) is 9.87. The maximum Gasteiger partial charge on any atom is 0.335 e. The summed E-state index contributed by atoms with van der Waals surface area (Å²) in [6.07, 6.45) is 7.62. The van der Waals surface area contributed by atoms with Crippen LogP contribution in [0.5, 0.6) is 0 Å². The summed E-state index contributed by atoms with van der Waals surface area (Å²) in [5.74, 6) is -0.768. The molecule has 4 aliphatic rings. The Morgan fingerprint density at radius 3 is 2.41 bits per heavy atom. The Hall–Kier alpha value is -1.44. The van der Waals surface area contributed by atoms with Crippen molar-refractivity contribution in [2.24, 2.45) is 5.92 Å². The Morgan fingerprint density at radius 1 is 1.04 bits per heavy atom. The fraction of sp³-hybridized carbons (Fsp3) is 0.800. The number of ether oxygens (including phenoxy) is 2. The summed E-state index contributed by atoms with van der Waals surface area (Å²) in [6, 6.07) is 1.59. The molecule has 4 heterocycles. The molecule has 3 fully saturated rings. The minimum atomic E-state index is -0.517. The Labute approximate surface area is 161 Å². The van der Waals surface area contributed by atoms with Crippen LogP contribution < -0.4 is 0 Å². The maximum atomic E-state index is 11.5. The lowest BCUT2D eigenvalue weighted by Crippen LogP contribution is -2.52. The largest absolute Gasteiger partial charge is 0.469 e. The predicted octanol–water partition coefficient (Wildman–Crippen LogP) is 0.955. The van der Waals surface area contributed by atoms with Crippen molar-refractivity contribution in [1.82, 2.24) is 9.80 Å². The molecule has 3 saturated heterocycles. The minimum absolute atomic E-state index is 0.155. The van der Waals surface area contributed by atoms with Gasteiger partial charge in [-0.15, -0.1) is 0 Å². The molecule has 0 aromatic rings. The number of nitrogens with zero attached hydrogens (tertiary/aromatic N) is 2. The van der Waals surface area contributed by atoms with Crippen LogP contribution in [0, 0.1) is 5.92 Å². The van der Waals surface area contributed by atoms with E-state index in [1.807, 2.05) is 13.1 Å². The number of carbonyl (C=O) groups excluding carboxylic acids is 2. The molecule has 152 valence electrons. The molecule has 4 aliphatic heterocycles. The zero-order valence-electron chi connectivity index (χ0n) is 16.8. The SMILES string of the molecule is COC(=O)C1=CCC2CCC1N2C.COC(=O)C1C(O)CC2CCC1N2C. The molecule has 4 bridgehead atoms. The summed E-state index contributed by atoms with van der Waals surface area (Å²) >= 11 is 0. The Kier molecular flexibility index (Phi) is 6.23. The second-order valence-corrected chi connectivity index (χ2v) is 8.12. The van der Waals surface area contributed by atoms with Crippen molar-refractivity contribution >= 4 is 11.9 Å². The standard InChI is InChI=1S/C10H17NO3.C10H15NO2/c1-11-6-3-4-7(11)9(8(12)5-6)10(13)14-2;1-11-7-3-5-8(10(12)13-2)9(11)6-4-7/h6-9,12H,3-5H2,1-2H3;5,7,9H,3-4,6H2,1-2H3. The zero-order chi connectivity index (χ0) is 19.7. The van der Waals surface area contributed by atoms with Crippen molar-refractivity contribution < 1.29 is 24.2 Å². The molecule has 6 atom stereocenters. The highest BCUT2D eigenvalue weighted by Crippen LogP contribution is 2.38. The van der Waals surface area contributed by atoms with E-state index in [9.17, 15) is 14.7 Å². The second kappa shape index (κ2) is 8.29. The van der Waals surface area contributed by atoms with E-state index in [4.69, 9.17) is 9.47 Å². The Balaban J connectivity index is 0.000000156. The first kappa shape index (κ1) is 20.3. The molecule has 7 nitrogen and oxygen atoms in total. The molecule has 0 amide bonds. The number of carbonyl (C=O) groups is 2. The summed E-state index contributed by atoms with van der Waals surface area (Å²) in [5, 5.41) is 9.84. The van der Waals surface area contributed by atoms with Crippen molar-refractivity contribution in [1.29, 1.82) is 0 Å². The van der Waals surface area contributed by atoms with Crippen molar-refractivity contribution in [2.45, 2.75) is 68.8 Å². The lowest BCUT2D eigenvalue weighted by molar-refractivity contribution is -0.155. The van der Waals surface area contributed by atoms with Crippen LogP contribution in [0.15, 0.2) is 11.6 Å². The van der Waals surface area contributed by atoms with Gasteiger partial charge in [-0.25, -0.2) is 4.79 Å². The number of methoxy groups -OCH3 is 2. The fourth-order valence-electron chi connectivity index (χ4n) is 5.30. The predicted molar refractivity (Wildman–Crippen MR) is 100.0 cm³/mol. The van der Waals surface area contributed by atoms with E-state index in [1.165, 1.54) is 20.6 Å². The molecule has 7 heteroatoms. The normalized spacial score (nSPS) is 37.9. The Bertz CT molecular complexity index is 607. The van der Waals surface area contributed by atoms with E-state index < -0.39 is 6.10 Å². The molecule has 0 spiro atoms. The van der Waals surface area contributed by atoms with Gasteiger partial charge in [-0.1, -0.05) is 6.08 Å². The minimum Gasteiger partial charge on any atom is -0.469 e. The number of hydrogen-bond donors (Lipinski definition) is 1. The van der Waals surface area contributed by atoms with Crippen molar-refractivity contribution in [2.75, 3.05) is 28.3 Å². The summed E-state index contributed by atoms with van der Waals surface area (Å²) in [6.45, 7) is 0. The summed E-state index contributed by atoms with van der Waals surface area (Å²) in [4.78, 5) is 27.4. The van der Waals surface area contributed by atoms with Gasteiger partial charge in [-0.2, -0.15) is 0 Å². The van der Waals surface area contributed by atoms with Crippen LogP contribution in [0.3, 0.4) is 0 Å². The van der Waals surface area contributed by atoms with E-state index >= 15 is 0 Å². The number of hydrogen-bond acceptors (Lipinski definition) is 7. The molecular weight excluding hydrogens is 348 g/mol. The Morgan fingerprint density at radius 2 is 1.74 bits per heavy atom. The second-order valence-electron chi connectivity index (χ2n) is 8.12. The van der Waals surface area contributed by atoms with Crippen LogP contribution in [0.1, 0.15) is 38.5 Å². The van der Waals surface area contributed by atoms with Crippen LogP contribution in [0.25, 0.3) is 0 Å². The van der Waals surface area contributed by atoms with Gasteiger partial charge < -0.3 is 14.6 Å². The van der Waals surface area contributed by atoms with Gasteiger partial charge in [-0.05, 0) is 52.6 Å². The summed E-state index contributed by atoms with van der Waals surface area (Å²) < 4.78 is 9.49. The van der Waals surface area contributed by atoms with Gasteiger partial charge in [0.05, 0.1) is 31.8 Å².